The molecule has 0 fully saturated rings. The maximum Gasteiger partial charge on any atom is 0.446 e. The van der Waals surface area contributed by atoms with E-state index in [9.17, 15) is 13.5 Å². The summed E-state index contributed by atoms with van der Waals surface area (Å²) in [7, 11) is -4.51. The van der Waals surface area contributed by atoms with Gasteiger partial charge in [-0.1, -0.05) is 38.1 Å². The SMILES string of the molecule is CC(C)(c1ccc(O)cc1)c1ccc(OS(=O)(=O)O)cc1.[Fe]. The normalized spacial score (nSPS) is 11.6. The minimum absolute atomic E-state index is 0. The smallest absolute Gasteiger partial charge is 0.446 e. The average Bonchev–Trinajstić information content (AvgIpc) is 2.38. The minimum atomic E-state index is -4.51. The molecule has 2 aromatic rings. The second kappa shape index (κ2) is 6.71. The number of phenolic OH excluding ortho intramolecular Hbond substituents is 1. The zero-order valence-electron chi connectivity index (χ0n) is 12.0. The number of rotatable bonds is 4. The Morgan fingerprint density at radius 1 is 0.909 bits per heavy atom. The zero-order chi connectivity index (χ0) is 15.7. The van der Waals surface area contributed by atoms with E-state index < -0.39 is 10.4 Å². The zero-order valence-corrected chi connectivity index (χ0v) is 13.9. The van der Waals surface area contributed by atoms with Crippen molar-refractivity contribution in [2.75, 3.05) is 0 Å². The van der Waals surface area contributed by atoms with Gasteiger partial charge in [0.15, 0.2) is 0 Å². The second-order valence-corrected chi connectivity index (χ2v) is 6.23. The Labute approximate surface area is 140 Å². The Balaban J connectivity index is 0.00000242. The Bertz CT molecular complexity index is 722. The molecular formula is C15H16FeO5S. The molecule has 0 aliphatic heterocycles. The molecule has 0 atom stereocenters. The quantitative estimate of drug-likeness (QED) is 0.644. The van der Waals surface area contributed by atoms with E-state index in [0.717, 1.165) is 11.1 Å². The summed E-state index contributed by atoms with van der Waals surface area (Å²) < 4.78 is 34.3. The van der Waals surface area contributed by atoms with Crippen molar-refractivity contribution in [1.29, 1.82) is 0 Å². The first-order chi connectivity index (χ1) is 9.68. The van der Waals surface area contributed by atoms with Crippen LogP contribution in [-0.4, -0.2) is 18.1 Å². The van der Waals surface area contributed by atoms with E-state index in [0.29, 0.717) is 0 Å². The summed E-state index contributed by atoms with van der Waals surface area (Å²) in [6, 6.07) is 13.3. The van der Waals surface area contributed by atoms with Gasteiger partial charge < -0.3 is 9.29 Å². The van der Waals surface area contributed by atoms with Crippen molar-refractivity contribution in [2.45, 2.75) is 19.3 Å². The molecule has 120 valence electrons. The van der Waals surface area contributed by atoms with Crippen molar-refractivity contribution in [2.24, 2.45) is 0 Å². The average molecular weight is 364 g/mol. The number of phenols is 1. The van der Waals surface area contributed by atoms with E-state index in [1.54, 1.807) is 24.3 Å². The molecule has 0 heterocycles. The van der Waals surface area contributed by atoms with E-state index >= 15 is 0 Å². The molecule has 0 bridgehead atoms. The van der Waals surface area contributed by atoms with Crippen molar-refractivity contribution in [1.82, 2.24) is 0 Å². The first-order valence-electron chi connectivity index (χ1n) is 6.25. The first kappa shape index (κ1) is 18.5. The molecule has 7 heteroatoms. The Hall–Kier alpha value is -1.53. The molecule has 22 heavy (non-hydrogen) atoms. The van der Waals surface area contributed by atoms with E-state index in [1.165, 1.54) is 12.1 Å². The molecule has 2 aromatic carbocycles. The van der Waals surface area contributed by atoms with Gasteiger partial charge in [0, 0.05) is 22.5 Å². The Morgan fingerprint density at radius 2 is 1.32 bits per heavy atom. The van der Waals surface area contributed by atoms with Crippen LogP contribution < -0.4 is 4.18 Å². The maximum atomic E-state index is 10.6. The predicted octanol–water partition coefficient (Wildman–Crippen LogP) is 2.90. The molecular weight excluding hydrogens is 348 g/mol. The summed E-state index contributed by atoms with van der Waals surface area (Å²) in [4.78, 5) is 0. The fourth-order valence-electron chi connectivity index (χ4n) is 2.09. The van der Waals surface area contributed by atoms with E-state index in [4.69, 9.17) is 4.55 Å². The van der Waals surface area contributed by atoms with Crippen molar-refractivity contribution in [3.8, 4) is 11.5 Å². The number of aromatic hydroxyl groups is 1. The third-order valence-corrected chi connectivity index (χ3v) is 3.77. The summed E-state index contributed by atoms with van der Waals surface area (Å²) in [6.07, 6.45) is 0. The van der Waals surface area contributed by atoms with Crippen LogP contribution >= 0.6 is 0 Å². The summed E-state index contributed by atoms with van der Waals surface area (Å²) in [5.74, 6) is 0.245. The van der Waals surface area contributed by atoms with Gasteiger partial charge in [0.1, 0.15) is 11.5 Å². The van der Waals surface area contributed by atoms with E-state index in [2.05, 4.69) is 4.18 Å². The molecule has 0 aliphatic rings. The molecule has 0 amide bonds. The molecule has 2 N–H and O–H groups in total. The summed E-state index contributed by atoms with van der Waals surface area (Å²) in [6.45, 7) is 4.02. The molecule has 0 spiro atoms. The van der Waals surface area contributed by atoms with Gasteiger partial charge in [0.25, 0.3) is 0 Å². The standard InChI is InChI=1S/C15H16O5S.Fe/c1-15(2,11-3-7-13(16)8-4-11)12-5-9-14(10-6-12)20-21(17,18)19;/h3-10,16H,1-2H3,(H,17,18,19);. The molecule has 0 unspecified atom stereocenters. The van der Waals surface area contributed by atoms with Crippen LogP contribution in [0.5, 0.6) is 11.5 Å². The monoisotopic (exact) mass is 364 g/mol. The van der Waals surface area contributed by atoms with Crippen LogP contribution in [0, 0.1) is 0 Å². The summed E-state index contributed by atoms with van der Waals surface area (Å²) in [5, 5.41) is 9.34. The second-order valence-electron chi connectivity index (χ2n) is 5.21. The van der Waals surface area contributed by atoms with Crippen molar-refractivity contribution < 1.29 is 39.3 Å². The third-order valence-electron chi connectivity index (χ3n) is 3.37. The van der Waals surface area contributed by atoms with Crippen molar-refractivity contribution in [3.05, 3.63) is 59.7 Å². The molecule has 2 rings (SSSR count). The third kappa shape index (κ3) is 4.48. The molecule has 0 radical (unpaired) electrons. The van der Waals surface area contributed by atoms with Crippen LogP contribution in [-0.2, 0) is 32.9 Å². The fourth-order valence-corrected chi connectivity index (χ4v) is 2.45. The van der Waals surface area contributed by atoms with Gasteiger partial charge >= 0.3 is 10.4 Å². The maximum absolute atomic E-state index is 10.6. The van der Waals surface area contributed by atoms with Crippen LogP contribution in [0.15, 0.2) is 48.5 Å². The number of hydrogen-bond donors (Lipinski definition) is 2. The van der Waals surface area contributed by atoms with Crippen LogP contribution in [0.3, 0.4) is 0 Å². The fraction of sp³-hybridized carbons (Fsp3) is 0.200. The van der Waals surface area contributed by atoms with Gasteiger partial charge in [0.2, 0.25) is 0 Å². The van der Waals surface area contributed by atoms with E-state index in [-0.39, 0.29) is 34.0 Å². The first-order valence-corrected chi connectivity index (χ1v) is 7.62. The van der Waals surface area contributed by atoms with Crippen LogP contribution in [0.1, 0.15) is 25.0 Å². The van der Waals surface area contributed by atoms with Crippen LogP contribution in [0.25, 0.3) is 0 Å². The predicted molar refractivity (Wildman–Crippen MR) is 78.9 cm³/mol. The van der Waals surface area contributed by atoms with Gasteiger partial charge in [-0.3, -0.25) is 4.55 Å². The Morgan fingerprint density at radius 3 is 1.73 bits per heavy atom. The molecule has 0 aliphatic carbocycles. The van der Waals surface area contributed by atoms with Crippen molar-refractivity contribution >= 4 is 10.4 Å². The summed E-state index contributed by atoms with van der Waals surface area (Å²) in [5.41, 5.74) is 1.62. The van der Waals surface area contributed by atoms with Crippen LogP contribution in [0.2, 0.25) is 0 Å². The van der Waals surface area contributed by atoms with Gasteiger partial charge in [-0.15, -0.1) is 0 Å². The molecule has 0 saturated heterocycles. The van der Waals surface area contributed by atoms with Gasteiger partial charge in [-0.2, -0.15) is 8.42 Å². The van der Waals surface area contributed by atoms with Crippen LogP contribution in [0.4, 0.5) is 0 Å². The van der Waals surface area contributed by atoms with Gasteiger partial charge in [0.05, 0.1) is 0 Å². The molecule has 0 aromatic heterocycles. The number of hydrogen-bond acceptors (Lipinski definition) is 4. The van der Waals surface area contributed by atoms with E-state index in [1.807, 2.05) is 26.0 Å². The van der Waals surface area contributed by atoms with Gasteiger partial charge in [-0.05, 0) is 35.4 Å². The Kier molecular flexibility index (Phi) is 5.64. The largest absolute Gasteiger partial charge is 0.508 e. The van der Waals surface area contributed by atoms with Gasteiger partial charge in [-0.25, -0.2) is 0 Å². The molecule has 0 saturated carbocycles. The summed E-state index contributed by atoms with van der Waals surface area (Å²) >= 11 is 0. The number of benzene rings is 2. The van der Waals surface area contributed by atoms with Crippen molar-refractivity contribution in [3.63, 3.8) is 0 Å². The molecule has 5 nitrogen and oxygen atoms in total. The minimum Gasteiger partial charge on any atom is -0.508 e. The topological polar surface area (TPSA) is 83.8 Å².